The largest absolute Gasteiger partial charge is 0.152 e. The minimum Gasteiger partial charge on any atom is -0.152 e. The van der Waals surface area contributed by atoms with Gasteiger partial charge in [0.2, 0.25) is 0 Å². The van der Waals surface area contributed by atoms with Crippen LogP contribution >= 0.6 is 11.8 Å². The lowest BCUT2D eigenvalue weighted by Crippen LogP contribution is -2.10. The fourth-order valence-electron chi connectivity index (χ4n) is 2.87. The van der Waals surface area contributed by atoms with Gasteiger partial charge in [0.05, 0.1) is 11.4 Å². The molecule has 2 nitrogen and oxygen atoms in total. The minimum absolute atomic E-state index is 0.118. The Morgan fingerprint density at radius 3 is 1.44 bits per heavy atom. The van der Waals surface area contributed by atoms with Gasteiger partial charge in [0.15, 0.2) is 0 Å². The topological polar surface area (TPSA) is 24.7 Å². The van der Waals surface area contributed by atoms with E-state index in [-0.39, 0.29) is 10.8 Å². The first-order valence-electron chi connectivity index (χ1n) is 8.91. The van der Waals surface area contributed by atoms with Gasteiger partial charge in [-0.1, -0.05) is 65.8 Å². The normalized spacial score (nSPS) is 15.0. The maximum absolute atomic E-state index is 4.66. The molecule has 0 bridgehead atoms. The van der Waals surface area contributed by atoms with Gasteiger partial charge in [0.25, 0.3) is 0 Å². The van der Waals surface area contributed by atoms with Crippen molar-refractivity contribution in [3.05, 3.63) is 58.7 Å². The summed E-state index contributed by atoms with van der Waals surface area (Å²) in [4.78, 5) is 0. The van der Waals surface area contributed by atoms with Gasteiger partial charge in [-0.05, 0) is 45.2 Å². The van der Waals surface area contributed by atoms with Gasteiger partial charge >= 0.3 is 0 Å². The Morgan fingerprint density at radius 2 is 1.08 bits per heavy atom. The highest BCUT2D eigenvalue weighted by Crippen LogP contribution is 2.37. The number of azo groups is 1. The van der Waals surface area contributed by atoms with Crippen molar-refractivity contribution in [1.82, 2.24) is 0 Å². The van der Waals surface area contributed by atoms with Crippen molar-refractivity contribution >= 4 is 23.1 Å². The van der Waals surface area contributed by atoms with Crippen molar-refractivity contribution < 1.29 is 0 Å². The van der Waals surface area contributed by atoms with E-state index in [1.165, 1.54) is 22.3 Å². The molecule has 0 aliphatic carbocycles. The predicted octanol–water partition coefficient (Wildman–Crippen LogP) is 7.44. The summed E-state index contributed by atoms with van der Waals surface area (Å²) in [5.74, 6) is 1.94. The first-order valence-corrected chi connectivity index (χ1v) is 10.1. The molecule has 0 saturated carbocycles. The average Bonchev–Trinajstić information content (AvgIpc) is 2.60. The average molecular weight is 353 g/mol. The number of nitrogens with zero attached hydrogens (tertiary/aromatic N) is 2. The van der Waals surface area contributed by atoms with Crippen LogP contribution in [0.5, 0.6) is 0 Å². The number of thioether (sulfide) groups is 1. The fourth-order valence-corrected chi connectivity index (χ4v) is 3.90. The standard InChI is InChI=1S/C22H28N2S/c1-21(2,3)17-9-7-15-13-25-14-16-8-10-18(22(4,5)6)12-20(16)24-23-19(15)11-17/h7-12H,13-14H2,1-6H3. The van der Waals surface area contributed by atoms with E-state index in [0.29, 0.717) is 0 Å². The van der Waals surface area contributed by atoms with Gasteiger partial charge in [0, 0.05) is 11.5 Å². The zero-order valence-corrected chi connectivity index (χ0v) is 17.0. The maximum Gasteiger partial charge on any atom is 0.0900 e. The van der Waals surface area contributed by atoms with Gasteiger partial charge < -0.3 is 0 Å². The Bertz CT molecular complexity index is 740. The Morgan fingerprint density at radius 1 is 0.680 bits per heavy atom. The Kier molecular flexibility index (Phi) is 4.80. The highest BCUT2D eigenvalue weighted by Gasteiger charge is 2.18. The van der Waals surface area contributed by atoms with Crippen LogP contribution in [0.3, 0.4) is 0 Å². The van der Waals surface area contributed by atoms with Gasteiger partial charge in [0.1, 0.15) is 0 Å². The monoisotopic (exact) mass is 352 g/mol. The van der Waals surface area contributed by atoms with Crippen LogP contribution in [-0.4, -0.2) is 0 Å². The zero-order valence-electron chi connectivity index (χ0n) is 16.2. The molecule has 3 heteroatoms. The molecule has 0 radical (unpaired) electrons. The van der Waals surface area contributed by atoms with E-state index in [2.05, 4.69) is 88.2 Å². The third-order valence-corrected chi connectivity index (χ3v) is 5.71. The SMILES string of the molecule is CC(C)(C)c1ccc2c(c1)N=Nc1cc(C(C)(C)C)ccc1CSC2. The molecule has 1 heterocycles. The van der Waals surface area contributed by atoms with Crippen molar-refractivity contribution in [2.45, 2.75) is 63.9 Å². The van der Waals surface area contributed by atoms with E-state index in [9.17, 15) is 0 Å². The van der Waals surface area contributed by atoms with Crippen LogP contribution in [0, 0.1) is 0 Å². The summed E-state index contributed by atoms with van der Waals surface area (Å²) in [5.41, 5.74) is 7.40. The number of benzene rings is 2. The summed E-state index contributed by atoms with van der Waals surface area (Å²) in [5, 5.41) is 9.31. The van der Waals surface area contributed by atoms with Gasteiger partial charge in [-0.2, -0.15) is 22.0 Å². The highest BCUT2D eigenvalue weighted by molar-refractivity contribution is 7.97. The number of hydrogen-bond acceptors (Lipinski definition) is 3. The Hall–Kier alpha value is -1.61. The number of hydrogen-bond donors (Lipinski definition) is 0. The quantitative estimate of drug-likeness (QED) is 0.483. The molecule has 0 aromatic heterocycles. The third kappa shape index (κ3) is 4.14. The maximum atomic E-state index is 4.66. The van der Waals surface area contributed by atoms with E-state index in [0.717, 1.165) is 22.9 Å². The second kappa shape index (κ2) is 6.60. The summed E-state index contributed by atoms with van der Waals surface area (Å²) in [6.45, 7) is 13.4. The van der Waals surface area contributed by atoms with Crippen molar-refractivity contribution in [3.8, 4) is 0 Å². The molecule has 0 unspecified atom stereocenters. The summed E-state index contributed by atoms with van der Waals surface area (Å²) in [6, 6.07) is 13.3. The zero-order chi connectivity index (χ0) is 18.2. The van der Waals surface area contributed by atoms with Gasteiger partial charge in [-0.3, -0.25) is 0 Å². The van der Waals surface area contributed by atoms with Crippen LogP contribution in [0.2, 0.25) is 0 Å². The van der Waals surface area contributed by atoms with E-state index in [1.54, 1.807) is 0 Å². The van der Waals surface area contributed by atoms with Crippen molar-refractivity contribution in [1.29, 1.82) is 0 Å². The molecule has 0 N–H and O–H groups in total. The molecule has 0 fully saturated rings. The third-order valence-electron chi connectivity index (χ3n) is 4.68. The first-order chi connectivity index (χ1) is 11.6. The summed E-state index contributed by atoms with van der Waals surface area (Å²) >= 11 is 1.93. The van der Waals surface area contributed by atoms with Crippen molar-refractivity contribution in [2.24, 2.45) is 10.2 Å². The lowest BCUT2D eigenvalue weighted by Gasteiger charge is -2.20. The van der Waals surface area contributed by atoms with E-state index in [4.69, 9.17) is 0 Å². The molecule has 0 saturated heterocycles. The summed E-state index contributed by atoms with van der Waals surface area (Å²) < 4.78 is 0. The Balaban J connectivity index is 2.06. The molecule has 0 amide bonds. The molecule has 3 rings (SSSR count). The van der Waals surface area contributed by atoms with Crippen LogP contribution in [-0.2, 0) is 22.3 Å². The smallest absolute Gasteiger partial charge is 0.0900 e. The van der Waals surface area contributed by atoms with Crippen molar-refractivity contribution in [2.75, 3.05) is 0 Å². The van der Waals surface area contributed by atoms with Crippen LogP contribution in [0.4, 0.5) is 11.4 Å². The molecule has 1 aliphatic rings. The van der Waals surface area contributed by atoms with Gasteiger partial charge in [-0.25, -0.2) is 0 Å². The molecule has 132 valence electrons. The summed E-state index contributed by atoms with van der Waals surface area (Å²) in [7, 11) is 0. The second-order valence-corrected chi connectivity index (χ2v) is 9.87. The molecule has 0 atom stereocenters. The molecule has 0 spiro atoms. The van der Waals surface area contributed by atoms with E-state index < -0.39 is 0 Å². The van der Waals surface area contributed by atoms with Crippen molar-refractivity contribution in [3.63, 3.8) is 0 Å². The van der Waals surface area contributed by atoms with Crippen LogP contribution in [0.25, 0.3) is 0 Å². The predicted molar refractivity (Wildman–Crippen MR) is 109 cm³/mol. The van der Waals surface area contributed by atoms with Crippen LogP contribution < -0.4 is 0 Å². The van der Waals surface area contributed by atoms with E-state index >= 15 is 0 Å². The van der Waals surface area contributed by atoms with Crippen LogP contribution in [0.1, 0.15) is 63.8 Å². The molecule has 2 aromatic rings. The fraction of sp³-hybridized carbons (Fsp3) is 0.455. The Labute approximate surface area is 156 Å². The number of rotatable bonds is 0. The van der Waals surface area contributed by atoms with Crippen LogP contribution in [0.15, 0.2) is 46.6 Å². The molecular weight excluding hydrogens is 324 g/mol. The highest BCUT2D eigenvalue weighted by atomic mass is 32.2. The molecule has 2 aromatic carbocycles. The first kappa shape index (κ1) is 18.2. The lowest BCUT2D eigenvalue weighted by atomic mass is 9.86. The second-order valence-electron chi connectivity index (χ2n) is 8.88. The summed E-state index contributed by atoms with van der Waals surface area (Å²) in [6.07, 6.45) is 0. The molecule has 1 aliphatic heterocycles. The minimum atomic E-state index is 0.118. The number of fused-ring (bicyclic) bond motifs is 2. The van der Waals surface area contributed by atoms with Gasteiger partial charge in [-0.15, -0.1) is 0 Å². The lowest BCUT2D eigenvalue weighted by molar-refractivity contribution is 0.589. The van der Waals surface area contributed by atoms with E-state index in [1.807, 2.05) is 11.8 Å². The molecular formula is C22H28N2S. The molecule has 25 heavy (non-hydrogen) atoms.